The first-order valence-corrected chi connectivity index (χ1v) is 8.10. The summed E-state index contributed by atoms with van der Waals surface area (Å²) in [6.45, 7) is 7.39. The second-order valence-electron chi connectivity index (χ2n) is 6.91. The topological polar surface area (TPSA) is 27.3 Å². The van der Waals surface area contributed by atoms with Crippen molar-refractivity contribution in [1.29, 1.82) is 0 Å². The second-order valence-corrected chi connectivity index (χ2v) is 6.91. The van der Waals surface area contributed by atoms with Gasteiger partial charge in [-0.1, -0.05) is 0 Å². The highest BCUT2D eigenvalue weighted by Crippen LogP contribution is 2.65. The molecule has 1 saturated heterocycles. The Hall–Kier alpha value is -0.120. The van der Waals surface area contributed by atoms with Gasteiger partial charge in [0.2, 0.25) is 0 Å². The van der Waals surface area contributed by atoms with E-state index in [0.717, 1.165) is 29.7 Å². The molecule has 3 aliphatic carbocycles. The molecular formula is C15H27N3. The van der Waals surface area contributed by atoms with Gasteiger partial charge in [-0.3, -0.25) is 0 Å². The predicted octanol–water partition coefficient (Wildman–Crippen LogP) is 0.916. The zero-order valence-corrected chi connectivity index (χ0v) is 11.4. The van der Waals surface area contributed by atoms with Gasteiger partial charge in [0.25, 0.3) is 0 Å². The maximum Gasteiger partial charge on any atom is 0.0136 e. The molecule has 102 valence electrons. The molecule has 18 heavy (non-hydrogen) atoms. The summed E-state index contributed by atoms with van der Waals surface area (Å²) in [5, 5.41) is 7.34. The molecule has 0 aromatic rings. The third-order valence-corrected chi connectivity index (χ3v) is 5.98. The quantitative estimate of drug-likeness (QED) is 0.776. The smallest absolute Gasteiger partial charge is 0.0136 e. The molecule has 4 unspecified atom stereocenters. The van der Waals surface area contributed by atoms with Crippen molar-refractivity contribution in [2.24, 2.45) is 23.7 Å². The Labute approximate surface area is 111 Å². The van der Waals surface area contributed by atoms with Gasteiger partial charge in [0.1, 0.15) is 0 Å². The van der Waals surface area contributed by atoms with Crippen LogP contribution in [0.2, 0.25) is 0 Å². The van der Waals surface area contributed by atoms with Crippen LogP contribution >= 0.6 is 0 Å². The van der Waals surface area contributed by atoms with Gasteiger partial charge >= 0.3 is 0 Å². The van der Waals surface area contributed by atoms with E-state index in [1.165, 1.54) is 45.7 Å². The Morgan fingerprint density at radius 3 is 2.72 bits per heavy atom. The summed E-state index contributed by atoms with van der Waals surface area (Å²) < 4.78 is 0. The van der Waals surface area contributed by atoms with Gasteiger partial charge in [0.15, 0.2) is 0 Å². The van der Waals surface area contributed by atoms with E-state index in [-0.39, 0.29) is 0 Å². The van der Waals surface area contributed by atoms with Crippen LogP contribution < -0.4 is 10.6 Å². The minimum Gasteiger partial charge on any atom is -0.315 e. The highest BCUT2D eigenvalue weighted by atomic mass is 15.2. The summed E-state index contributed by atoms with van der Waals surface area (Å²) in [5.41, 5.74) is 0. The van der Waals surface area contributed by atoms with E-state index in [1.807, 2.05) is 0 Å². The zero-order valence-electron chi connectivity index (χ0n) is 11.4. The number of nitrogens with zero attached hydrogens (tertiary/aromatic N) is 1. The van der Waals surface area contributed by atoms with Crippen molar-refractivity contribution in [2.45, 2.75) is 31.7 Å². The van der Waals surface area contributed by atoms with Crippen LogP contribution in [0.15, 0.2) is 0 Å². The maximum absolute atomic E-state index is 3.87. The van der Waals surface area contributed by atoms with Crippen LogP contribution in [0.5, 0.6) is 0 Å². The summed E-state index contributed by atoms with van der Waals surface area (Å²) in [4.78, 5) is 2.62. The predicted molar refractivity (Wildman–Crippen MR) is 73.5 cm³/mol. The lowest BCUT2D eigenvalue weighted by Gasteiger charge is -2.20. The van der Waals surface area contributed by atoms with E-state index in [0.29, 0.717) is 0 Å². The van der Waals surface area contributed by atoms with E-state index < -0.39 is 0 Å². The number of hydrogen-bond donors (Lipinski definition) is 2. The van der Waals surface area contributed by atoms with Crippen molar-refractivity contribution in [3.8, 4) is 0 Å². The fraction of sp³-hybridized carbons (Fsp3) is 1.00. The van der Waals surface area contributed by atoms with Crippen molar-refractivity contribution in [2.75, 3.05) is 39.3 Å². The first-order valence-electron chi connectivity index (χ1n) is 8.10. The molecular weight excluding hydrogens is 222 g/mol. The average Bonchev–Trinajstić information content (AvgIpc) is 2.90. The normalized spacial score (nSPS) is 47.0. The van der Waals surface area contributed by atoms with E-state index in [4.69, 9.17) is 0 Å². The van der Waals surface area contributed by atoms with Gasteiger partial charge in [0, 0.05) is 32.2 Å². The molecule has 2 bridgehead atoms. The summed E-state index contributed by atoms with van der Waals surface area (Å²) in [6.07, 6.45) is 5.98. The van der Waals surface area contributed by atoms with Crippen LogP contribution in [0.1, 0.15) is 25.7 Å². The van der Waals surface area contributed by atoms with Crippen LogP contribution in [0, 0.1) is 23.7 Å². The van der Waals surface area contributed by atoms with Crippen molar-refractivity contribution < 1.29 is 0 Å². The lowest BCUT2D eigenvalue weighted by Crippen LogP contribution is -2.36. The SMILES string of the molecule is C1CNCCN(CCNC2C3C4CCC(C4)C23)C1. The van der Waals surface area contributed by atoms with Gasteiger partial charge in [0.05, 0.1) is 0 Å². The molecule has 1 aliphatic heterocycles. The van der Waals surface area contributed by atoms with Crippen molar-refractivity contribution in [1.82, 2.24) is 15.5 Å². The fourth-order valence-electron chi connectivity index (χ4n) is 5.11. The third-order valence-electron chi connectivity index (χ3n) is 5.98. The lowest BCUT2D eigenvalue weighted by atomic mass is 10.0. The summed E-state index contributed by atoms with van der Waals surface area (Å²) in [5.74, 6) is 4.41. The standard InChI is InChI=1S/C15H27N3/c1-4-16-5-8-18(7-1)9-6-17-15-13-11-2-3-12(10-11)14(13)15/h11-17H,1-10H2. The van der Waals surface area contributed by atoms with Crippen molar-refractivity contribution in [3.63, 3.8) is 0 Å². The molecule has 0 amide bonds. The van der Waals surface area contributed by atoms with Crippen LogP contribution in [0.25, 0.3) is 0 Å². The Morgan fingerprint density at radius 2 is 1.89 bits per heavy atom. The minimum atomic E-state index is 0.918. The number of rotatable bonds is 4. The average molecular weight is 249 g/mol. The number of hydrogen-bond acceptors (Lipinski definition) is 3. The largest absolute Gasteiger partial charge is 0.315 e. The molecule has 3 heteroatoms. The first kappa shape index (κ1) is 11.7. The van der Waals surface area contributed by atoms with Gasteiger partial charge in [-0.2, -0.15) is 0 Å². The summed E-state index contributed by atoms with van der Waals surface area (Å²) in [6, 6.07) is 0.918. The highest BCUT2D eigenvalue weighted by Gasteiger charge is 2.64. The minimum absolute atomic E-state index is 0.918. The van der Waals surface area contributed by atoms with Gasteiger partial charge < -0.3 is 15.5 Å². The van der Waals surface area contributed by atoms with Crippen LogP contribution in [0.4, 0.5) is 0 Å². The fourth-order valence-corrected chi connectivity index (χ4v) is 5.11. The molecule has 2 N–H and O–H groups in total. The molecule has 0 spiro atoms. The van der Waals surface area contributed by atoms with Crippen molar-refractivity contribution >= 4 is 0 Å². The molecule has 1 heterocycles. The molecule has 4 atom stereocenters. The Kier molecular flexibility index (Phi) is 3.10. The van der Waals surface area contributed by atoms with E-state index in [2.05, 4.69) is 15.5 Å². The Balaban J connectivity index is 1.19. The van der Waals surface area contributed by atoms with Crippen LogP contribution in [-0.2, 0) is 0 Å². The van der Waals surface area contributed by atoms with E-state index in [1.54, 1.807) is 19.3 Å². The van der Waals surface area contributed by atoms with Gasteiger partial charge in [-0.05, 0) is 62.4 Å². The molecule has 4 rings (SSSR count). The number of nitrogens with one attached hydrogen (secondary N) is 2. The molecule has 0 aromatic heterocycles. The summed E-state index contributed by atoms with van der Waals surface area (Å²) >= 11 is 0. The molecule has 3 saturated carbocycles. The van der Waals surface area contributed by atoms with Gasteiger partial charge in [-0.25, -0.2) is 0 Å². The molecule has 4 aliphatic rings. The second kappa shape index (κ2) is 4.77. The summed E-state index contributed by atoms with van der Waals surface area (Å²) in [7, 11) is 0. The molecule has 0 aromatic carbocycles. The van der Waals surface area contributed by atoms with Crippen LogP contribution in [-0.4, -0.2) is 50.2 Å². The third kappa shape index (κ3) is 2.00. The van der Waals surface area contributed by atoms with Crippen LogP contribution in [0.3, 0.4) is 0 Å². The van der Waals surface area contributed by atoms with E-state index in [9.17, 15) is 0 Å². The lowest BCUT2D eigenvalue weighted by molar-refractivity contribution is 0.287. The number of fused-ring (bicyclic) bond motifs is 5. The zero-order chi connectivity index (χ0) is 11.9. The Morgan fingerprint density at radius 1 is 1.06 bits per heavy atom. The molecule has 3 nitrogen and oxygen atoms in total. The van der Waals surface area contributed by atoms with E-state index >= 15 is 0 Å². The first-order chi connectivity index (χ1) is 8.93. The highest BCUT2D eigenvalue weighted by molar-refractivity contribution is 5.16. The monoisotopic (exact) mass is 249 g/mol. The van der Waals surface area contributed by atoms with Crippen molar-refractivity contribution in [3.05, 3.63) is 0 Å². The maximum atomic E-state index is 3.87. The molecule has 4 fully saturated rings. The Bertz CT molecular complexity index is 282. The molecule has 0 radical (unpaired) electrons. The van der Waals surface area contributed by atoms with Gasteiger partial charge in [-0.15, -0.1) is 0 Å².